The van der Waals surface area contributed by atoms with Gasteiger partial charge in [0.15, 0.2) is 0 Å². The van der Waals surface area contributed by atoms with Gasteiger partial charge in [0.25, 0.3) is 0 Å². The molecule has 0 amide bonds. The van der Waals surface area contributed by atoms with Crippen molar-refractivity contribution in [3.8, 4) is 0 Å². The zero-order valence-electron chi connectivity index (χ0n) is 12.0. The van der Waals surface area contributed by atoms with Gasteiger partial charge in [-0.1, -0.05) is 27.7 Å². The minimum absolute atomic E-state index is 0.159. The van der Waals surface area contributed by atoms with Gasteiger partial charge in [0.1, 0.15) is 11.4 Å². The van der Waals surface area contributed by atoms with Gasteiger partial charge in [-0.25, -0.2) is 4.79 Å². The van der Waals surface area contributed by atoms with Crippen LogP contribution in [-0.2, 0) is 9.53 Å². The van der Waals surface area contributed by atoms with Crippen LogP contribution in [0.1, 0.15) is 53.9 Å². The lowest BCUT2D eigenvalue weighted by atomic mass is 9.67. The van der Waals surface area contributed by atoms with Gasteiger partial charge in [-0.05, 0) is 38.0 Å². The van der Waals surface area contributed by atoms with Crippen LogP contribution in [0, 0.1) is 17.3 Å². The Hall–Kier alpha value is -0.990. The van der Waals surface area contributed by atoms with Crippen molar-refractivity contribution in [2.45, 2.75) is 59.5 Å². The first-order valence-electron chi connectivity index (χ1n) is 6.84. The maximum absolute atomic E-state index is 12.2. The minimum atomic E-state index is -0.396. The summed E-state index contributed by atoms with van der Waals surface area (Å²) in [5, 5.41) is 10.3. The maximum Gasteiger partial charge on any atom is 0.338 e. The number of allylic oxidation sites excluding steroid dienone is 1. The zero-order chi connectivity index (χ0) is 13.7. The number of esters is 1. The second-order valence-corrected chi connectivity index (χ2v) is 6.94. The van der Waals surface area contributed by atoms with E-state index in [1.807, 2.05) is 20.8 Å². The van der Waals surface area contributed by atoms with Gasteiger partial charge in [-0.15, -0.1) is 0 Å². The molecule has 1 aliphatic carbocycles. The average molecular weight is 252 g/mol. The Kier molecular flexibility index (Phi) is 2.99. The Balaban J connectivity index is 2.38. The molecule has 1 saturated heterocycles. The lowest BCUT2D eigenvalue weighted by Crippen LogP contribution is -2.47. The van der Waals surface area contributed by atoms with Crippen molar-refractivity contribution in [1.82, 2.24) is 0 Å². The van der Waals surface area contributed by atoms with Gasteiger partial charge in [0, 0.05) is 5.41 Å². The molecule has 3 nitrogen and oxygen atoms in total. The number of carbonyl (C=O) groups is 1. The molecule has 1 N–H and O–H groups in total. The lowest BCUT2D eigenvalue weighted by Gasteiger charge is -2.45. The second kappa shape index (κ2) is 4.01. The van der Waals surface area contributed by atoms with Crippen molar-refractivity contribution in [2.75, 3.05) is 0 Å². The number of aliphatic hydroxyl groups is 1. The van der Waals surface area contributed by atoms with E-state index in [1.165, 1.54) is 0 Å². The summed E-state index contributed by atoms with van der Waals surface area (Å²) < 4.78 is 5.61. The molecular formula is C15H24O3. The molecule has 0 spiro atoms. The number of cyclic esters (lactones) is 1. The molecule has 0 aromatic rings. The lowest BCUT2D eigenvalue weighted by molar-refractivity contribution is -0.168. The number of carbonyl (C=O) groups excluding carboxylic acids is 1. The summed E-state index contributed by atoms with van der Waals surface area (Å²) in [6.45, 7) is 10.1. The van der Waals surface area contributed by atoms with E-state index in [0.717, 1.165) is 19.3 Å². The van der Waals surface area contributed by atoms with Crippen molar-refractivity contribution in [2.24, 2.45) is 17.3 Å². The van der Waals surface area contributed by atoms with Crippen LogP contribution in [0.5, 0.6) is 0 Å². The van der Waals surface area contributed by atoms with Crippen LogP contribution in [0.3, 0.4) is 0 Å². The van der Waals surface area contributed by atoms with Crippen molar-refractivity contribution >= 4 is 5.97 Å². The molecule has 1 aliphatic heterocycles. The summed E-state index contributed by atoms with van der Waals surface area (Å²) in [6, 6.07) is 0. The van der Waals surface area contributed by atoms with Gasteiger partial charge in [0.2, 0.25) is 0 Å². The van der Waals surface area contributed by atoms with E-state index >= 15 is 0 Å². The molecule has 0 radical (unpaired) electrons. The van der Waals surface area contributed by atoms with Crippen LogP contribution >= 0.6 is 0 Å². The Morgan fingerprint density at radius 3 is 2.50 bits per heavy atom. The van der Waals surface area contributed by atoms with E-state index in [-0.39, 0.29) is 23.1 Å². The fourth-order valence-corrected chi connectivity index (χ4v) is 2.97. The van der Waals surface area contributed by atoms with E-state index < -0.39 is 5.60 Å². The second-order valence-electron chi connectivity index (χ2n) is 6.94. The predicted molar refractivity (Wildman–Crippen MR) is 70.1 cm³/mol. The number of fused-ring (bicyclic) bond motifs is 1. The summed E-state index contributed by atoms with van der Waals surface area (Å²) in [6.07, 6.45) is 2.71. The van der Waals surface area contributed by atoms with Gasteiger partial charge in [-0.2, -0.15) is 0 Å². The molecule has 0 bridgehead atoms. The molecule has 0 aromatic heterocycles. The van der Waals surface area contributed by atoms with Crippen LogP contribution < -0.4 is 0 Å². The summed E-state index contributed by atoms with van der Waals surface area (Å²) in [5.41, 5.74) is -0.159. The molecule has 2 rings (SSSR count). The molecule has 2 atom stereocenters. The highest BCUT2D eigenvalue weighted by molar-refractivity contribution is 5.91. The van der Waals surface area contributed by atoms with E-state index in [1.54, 1.807) is 0 Å². The van der Waals surface area contributed by atoms with Gasteiger partial charge in [-0.3, -0.25) is 0 Å². The monoisotopic (exact) mass is 252 g/mol. The van der Waals surface area contributed by atoms with E-state index in [0.29, 0.717) is 11.5 Å². The Morgan fingerprint density at radius 1 is 1.33 bits per heavy atom. The molecule has 0 aromatic carbocycles. The van der Waals surface area contributed by atoms with Crippen molar-refractivity contribution in [1.29, 1.82) is 0 Å². The van der Waals surface area contributed by atoms with Gasteiger partial charge >= 0.3 is 5.97 Å². The fourth-order valence-electron chi connectivity index (χ4n) is 2.97. The molecule has 2 unspecified atom stereocenters. The smallest absolute Gasteiger partial charge is 0.338 e. The summed E-state index contributed by atoms with van der Waals surface area (Å²) in [4.78, 5) is 12.2. The zero-order valence-corrected chi connectivity index (χ0v) is 12.0. The van der Waals surface area contributed by atoms with Crippen molar-refractivity contribution in [3.63, 3.8) is 0 Å². The quantitative estimate of drug-likeness (QED) is 0.725. The molecule has 1 fully saturated rings. The molecule has 102 valence electrons. The summed E-state index contributed by atoms with van der Waals surface area (Å²) in [7, 11) is 0. The molecule has 0 saturated carbocycles. The number of hydrogen-bond acceptors (Lipinski definition) is 3. The highest BCUT2D eigenvalue weighted by Gasteiger charge is 2.48. The van der Waals surface area contributed by atoms with Crippen molar-refractivity contribution in [3.05, 3.63) is 11.3 Å². The van der Waals surface area contributed by atoms with Crippen LogP contribution in [0.4, 0.5) is 0 Å². The van der Waals surface area contributed by atoms with Gasteiger partial charge < -0.3 is 9.84 Å². The Morgan fingerprint density at radius 2 is 1.94 bits per heavy atom. The summed E-state index contributed by atoms with van der Waals surface area (Å²) >= 11 is 0. The third-order valence-electron chi connectivity index (χ3n) is 4.84. The minimum Gasteiger partial charge on any atom is -0.511 e. The molecule has 2 aliphatic rings. The average Bonchev–Trinajstić information content (AvgIpc) is 2.23. The third-order valence-corrected chi connectivity index (χ3v) is 4.84. The largest absolute Gasteiger partial charge is 0.511 e. The van der Waals surface area contributed by atoms with Crippen LogP contribution in [0.2, 0.25) is 0 Å². The van der Waals surface area contributed by atoms with E-state index in [9.17, 15) is 9.90 Å². The third kappa shape index (κ3) is 1.94. The topological polar surface area (TPSA) is 46.5 Å². The van der Waals surface area contributed by atoms with Crippen LogP contribution in [-0.4, -0.2) is 16.7 Å². The number of ether oxygens (including phenoxy) is 1. The predicted octanol–water partition coefficient (Wildman–Crippen LogP) is 3.60. The normalized spacial score (nSPS) is 35.4. The highest BCUT2D eigenvalue weighted by Crippen LogP contribution is 2.48. The first-order valence-corrected chi connectivity index (χ1v) is 6.84. The number of rotatable bonds is 1. The van der Waals surface area contributed by atoms with E-state index in [2.05, 4.69) is 13.8 Å². The SMILES string of the molecule is CC(C)C1(C)CC2CCC(C)(C)C(O)=C2C(=O)O1. The number of aliphatic hydroxyl groups excluding tert-OH is 1. The molecule has 1 heterocycles. The molecule has 18 heavy (non-hydrogen) atoms. The van der Waals surface area contributed by atoms with Crippen molar-refractivity contribution < 1.29 is 14.6 Å². The van der Waals surface area contributed by atoms with E-state index in [4.69, 9.17) is 4.74 Å². The Bertz CT molecular complexity index is 406. The molecule has 3 heteroatoms. The standard InChI is InChI=1S/C15H24O3/c1-9(2)15(5)8-10-6-7-14(3,4)12(16)11(10)13(17)18-15/h9-10,16H,6-8H2,1-5H3. The van der Waals surface area contributed by atoms with Crippen LogP contribution in [0.15, 0.2) is 11.3 Å². The summed E-state index contributed by atoms with van der Waals surface area (Å²) in [5.74, 6) is 0.383. The highest BCUT2D eigenvalue weighted by atomic mass is 16.6. The van der Waals surface area contributed by atoms with Gasteiger partial charge in [0.05, 0.1) is 5.57 Å². The van der Waals surface area contributed by atoms with Crippen LogP contribution in [0.25, 0.3) is 0 Å². The first-order chi connectivity index (χ1) is 8.17. The maximum atomic E-state index is 12.2. The first kappa shape index (κ1) is 13.4. The fraction of sp³-hybridized carbons (Fsp3) is 0.800. The number of hydrogen-bond donors (Lipinski definition) is 1. The Labute approximate surface area is 109 Å². The molecular weight excluding hydrogens is 228 g/mol.